The Morgan fingerprint density at radius 1 is 1.11 bits per heavy atom. The second-order valence-electron chi connectivity index (χ2n) is 11.9. The van der Waals surface area contributed by atoms with Crippen LogP contribution in [0.4, 0.5) is 4.79 Å². The summed E-state index contributed by atoms with van der Waals surface area (Å²) in [7, 11) is 0. The number of likely N-dealkylation sites (tertiary alicyclic amines) is 1. The lowest BCUT2D eigenvalue weighted by molar-refractivity contribution is -0.145. The van der Waals surface area contributed by atoms with E-state index in [-0.39, 0.29) is 0 Å². The zero-order valence-electron chi connectivity index (χ0n) is 34.9. The number of nitrogens with one attached hydrogen (secondary N) is 3. The fraction of sp³-hybridized carbons (Fsp3) is 0.815. The van der Waals surface area contributed by atoms with Crippen molar-refractivity contribution in [2.24, 2.45) is 34.3 Å². The molecule has 0 radical (unpaired) electrons. The van der Waals surface area contributed by atoms with Gasteiger partial charge in [0.15, 0.2) is 0 Å². The van der Waals surface area contributed by atoms with Crippen molar-refractivity contribution in [1.29, 1.82) is 0 Å². The smallest absolute Gasteiger partial charge is 0.315 e. The van der Waals surface area contributed by atoms with Crippen molar-refractivity contribution < 1.29 is 41.8 Å². The summed E-state index contributed by atoms with van der Waals surface area (Å²) in [6.07, 6.45) is -11.1. The van der Waals surface area contributed by atoms with Crippen LogP contribution in [0.5, 0.6) is 0 Å². The minimum atomic E-state index is -3.27. The monoisotopic (exact) mass is 532 g/mol. The summed E-state index contributed by atoms with van der Waals surface area (Å²) in [5.74, 6) is -11.6. The summed E-state index contributed by atoms with van der Waals surface area (Å²) in [4.78, 5) is 67.2. The molecule has 2 saturated carbocycles. The number of fused-ring (bicyclic) bond motifs is 1. The molecule has 0 aromatic carbocycles. The summed E-state index contributed by atoms with van der Waals surface area (Å²) < 4.78 is 106. The standard InChI is InChI=1S/C27H45N5O5/c1-25(2,3)20(30-24(37)31-26(4,5)6)23(36)32-13-15-17(27(15,7)8)18(32)22(35)29-16(19(33)21(28)34)12-14-10-9-11-14/h14-18,20H,9-13H2,1-8H3,(H2,28,34)(H,29,35)(H2,30,31,37)/t15-,16-,17-,18-,20+/m0/s1/i7D3,8D3,9D2,10D2,11D2,14D. The van der Waals surface area contributed by atoms with E-state index in [4.69, 9.17) is 23.6 Å². The predicted molar refractivity (Wildman–Crippen MR) is 139 cm³/mol. The Bertz CT molecular complexity index is 1420. The molecule has 0 bridgehead atoms. The van der Waals surface area contributed by atoms with Crippen LogP contribution in [0.25, 0.3) is 0 Å². The molecule has 10 heteroatoms. The van der Waals surface area contributed by atoms with Crippen LogP contribution in [0.3, 0.4) is 0 Å². The van der Waals surface area contributed by atoms with E-state index in [0.717, 1.165) is 4.90 Å². The van der Waals surface area contributed by atoms with E-state index in [0.29, 0.717) is 0 Å². The molecule has 0 spiro atoms. The average molecular weight is 533 g/mol. The number of hydrogen-bond acceptors (Lipinski definition) is 5. The van der Waals surface area contributed by atoms with Gasteiger partial charge in [0.05, 0.1) is 6.04 Å². The molecule has 0 unspecified atom stereocenters. The number of Topliss-reactive ketones (excluding diaryl/α,β-unsaturated/α-hetero) is 1. The Balaban J connectivity index is 2.12. The zero-order chi connectivity index (χ0) is 39.4. The van der Waals surface area contributed by atoms with Crippen molar-refractivity contribution in [3.05, 3.63) is 0 Å². The highest BCUT2D eigenvalue weighted by Crippen LogP contribution is 2.65. The quantitative estimate of drug-likeness (QED) is 0.351. The molecule has 2 aliphatic carbocycles. The maximum atomic E-state index is 14.2. The lowest BCUT2D eigenvalue weighted by Gasteiger charge is -2.38. The SMILES string of the molecule is [2H]C([2H])([2H])C1(C([2H])([2H])[2H])[C@@H]2[C@@H](C(=O)N[C@@H](CC3([2H])C([2H])([2H])C([2H])([2H])C3([2H])[2H])C(=O)C(N)=O)N(C(=O)[C@@H](NC(=O)NC(C)(C)C)C(C)(C)C)C[C@@H]21. The normalized spacial score (nSPS) is 37.1. The van der Waals surface area contributed by atoms with Crippen molar-refractivity contribution in [1.82, 2.24) is 20.9 Å². The molecule has 1 saturated heterocycles. The Labute approximate surface area is 238 Å². The van der Waals surface area contributed by atoms with Gasteiger partial charge < -0.3 is 26.6 Å². The molecule has 3 aliphatic rings. The fourth-order valence-electron chi connectivity index (χ4n) is 4.68. The number of hydrogen-bond donors (Lipinski definition) is 4. The van der Waals surface area contributed by atoms with Crippen molar-refractivity contribution in [3.63, 3.8) is 0 Å². The molecule has 10 nitrogen and oxygen atoms in total. The zero-order valence-corrected chi connectivity index (χ0v) is 21.9. The number of ketones is 1. The van der Waals surface area contributed by atoms with Crippen LogP contribution in [0.1, 0.15) is 98.6 Å². The molecule has 3 fully saturated rings. The molecule has 5 atom stereocenters. The number of nitrogens with zero attached hydrogens (tertiary/aromatic N) is 1. The molecule has 0 aromatic heterocycles. The predicted octanol–water partition coefficient (Wildman–Crippen LogP) is 1.71. The first-order valence-corrected chi connectivity index (χ1v) is 12.0. The third-order valence-corrected chi connectivity index (χ3v) is 6.64. The van der Waals surface area contributed by atoms with E-state index in [1.165, 1.54) is 0 Å². The van der Waals surface area contributed by atoms with Crippen molar-refractivity contribution >= 4 is 29.5 Å². The van der Waals surface area contributed by atoms with Gasteiger partial charge in [0.25, 0.3) is 5.91 Å². The molecule has 3 rings (SSSR count). The first kappa shape index (κ1) is 15.7. The number of carbonyl (C=O) groups is 5. The van der Waals surface area contributed by atoms with Crippen molar-refractivity contribution in [2.75, 3.05) is 6.54 Å². The fourth-order valence-corrected chi connectivity index (χ4v) is 4.68. The number of amides is 5. The van der Waals surface area contributed by atoms with Gasteiger partial charge in [-0.1, -0.05) is 53.6 Å². The van der Waals surface area contributed by atoms with Gasteiger partial charge in [-0.05, 0) is 55.8 Å². The van der Waals surface area contributed by atoms with Gasteiger partial charge in [-0.25, -0.2) is 4.79 Å². The van der Waals surface area contributed by atoms with E-state index in [2.05, 4.69) is 16.0 Å². The van der Waals surface area contributed by atoms with Gasteiger partial charge in [0.2, 0.25) is 17.6 Å². The molecular weight excluding hydrogens is 474 g/mol. The van der Waals surface area contributed by atoms with Gasteiger partial charge >= 0.3 is 6.03 Å². The second kappa shape index (κ2) is 9.91. The van der Waals surface area contributed by atoms with Crippen LogP contribution in [0.2, 0.25) is 0 Å². The van der Waals surface area contributed by atoms with Crippen LogP contribution < -0.4 is 21.7 Å². The van der Waals surface area contributed by atoms with Gasteiger partial charge in [0, 0.05) is 29.9 Å². The van der Waals surface area contributed by atoms with Crippen LogP contribution in [0, 0.1) is 28.6 Å². The largest absolute Gasteiger partial charge is 0.363 e. The van der Waals surface area contributed by atoms with Gasteiger partial charge in [-0.2, -0.15) is 0 Å². The molecule has 1 heterocycles. The molecule has 5 N–H and O–H groups in total. The number of rotatable bonds is 8. The van der Waals surface area contributed by atoms with Gasteiger partial charge in [-0.15, -0.1) is 0 Å². The second-order valence-corrected chi connectivity index (χ2v) is 11.9. The summed E-state index contributed by atoms with van der Waals surface area (Å²) in [5, 5.41) is 7.26. The highest BCUT2D eigenvalue weighted by molar-refractivity contribution is 6.37. The lowest BCUT2D eigenvalue weighted by Crippen LogP contribution is -2.62. The third kappa shape index (κ3) is 6.26. The Kier molecular flexibility index (Phi) is 4.20. The summed E-state index contributed by atoms with van der Waals surface area (Å²) >= 11 is 0. The first-order chi connectivity index (χ1) is 22.0. The first-order valence-electron chi connectivity index (χ1n) is 18.5. The summed E-state index contributed by atoms with van der Waals surface area (Å²) in [6.45, 7) is 2.80. The van der Waals surface area contributed by atoms with E-state index in [1.54, 1.807) is 41.5 Å². The molecular formula is C27H45N5O5. The Hall–Kier alpha value is -2.65. The van der Waals surface area contributed by atoms with Crippen molar-refractivity contribution in [2.45, 2.75) is 104 Å². The summed E-state index contributed by atoms with van der Waals surface area (Å²) in [5.41, 5.74) is 0.860. The minimum absolute atomic E-state index is 0.588. The van der Waals surface area contributed by atoms with Gasteiger partial charge in [0.1, 0.15) is 12.1 Å². The number of carbonyl (C=O) groups excluding carboxylic acids is 5. The third-order valence-electron chi connectivity index (χ3n) is 6.64. The number of piperidine rings is 1. The number of urea groups is 1. The van der Waals surface area contributed by atoms with E-state index >= 15 is 0 Å². The average Bonchev–Trinajstić information content (AvgIpc) is 3.42. The number of nitrogens with two attached hydrogens (primary N) is 1. The lowest BCUT2D eigenvalue weighted by atomic mass is 9.80. The molecule has 5 amide bonds. The minimum Gasteiger partial charge on any atom is -0.363 e. The Morgan fingerprint density at radius 2 is 1.73 bits per heavy atom. The molecule has 0 aromatic rings. The molecule has 1 aliphatic heterocycles. The van der Waals surface area contributed by atoms with E-state index < -0.39 is 128 Å². The van der Waals surface area contributed by atoms with Crippen LogP contribution in [-0.2, 0) is 19.2 Å². The maximum Gasteiger partial charge on any atom is 0.315 e. The van der Waals surface area contributed by atoms with Crippen LogP contribution in [0.15, 0.2) is 0 Å². The van der Waals surface area contributed by atoms with Gasteiger partial charge in [-0.3, -0.25) is 19.2 Å². The topological polar surface area (TPSA) is 151 Å². The van der Waals surface area contributed by atoms with E-state index in [9.17, 15) is 24.0 Å². The molecule has 37 heavy (non-hydrogen) atoms. The highest BCUT2D eigenvalue weighted by Gasteiger charge is 2.70. The van der Waals surface area contributed by atoms with Crippen LogP contribution in [-0.4, -0.2) is 64.6 Å². The highest BCUT2D eigenvalue weighted by atomic mass is 16.2. The van der Waals surface area contributed by atoms with E-state index in [1.807, 2.05) is 0 Å². The van der Waals surface area contributed by atoms with Crippen molar-refractivity contribution in [3.8, 4) is 0 Å². The number of primary amides is 1. The Morgan fingerprint density at radius 3 is 2.24 bits per heavy atom. The maximum absolute atomic E-state index is 14.2. The van der Waals surface area contributed by atoms with Crippen LogP contribution >= 0.6 is 0 Å². The summed E-state index contributed by atoms with van der Waals surface area (Å²) in [6, 6.07) is -6.40. The molecule has 208 valence electrons.